The zero-order valence-corrected chi connectivity index (χ0v) is 17.0. The molecule has 0 radical (unpaired) electrons. The third-order valence-electron chi connectivity index (χ3n) is 4.39. The van der Waals surface area contributed by atoms with Gasteiger partial charge in [0.05, 0.1) is 6.10 Å². The molecule has 2 rings (SSSR count). The number of guanidine groups is 1. The van der Waals surface area contributed by atoms with Crippen molar-refractivity contribution in [2.45, 2.75) is 38.7 Å². The molecule has 1 aromatic heterocycles. The van der Waals surface area contributed by atoms with E-state index in [1.807, 2.05) is 0 Å². The Bertz CT molecular complexity index is 554. The first-order valence-electron chi connectivity index (χ1n) is 9.41. The second-order valence-corrected chi connectivity index (χ2v) is 8.12. The highest BCUT2D eigenvalue weighted by Crippen LogP contribution is 2.14. The summed E-state index contributed by atoms with van der Waals surface area (Å²) in [7, 11) is 3.49. The van der Waals surface area contributed by atoms with Gasteiger partial charge in [0, 0.05) is 38.7 Å². The van der Waals surface area contributed by atoms with Crippen LogP contribution in [0.25, 0.3) is 0 Å². The van der Waals surface area contributed by atoms with Crippen LogP contribution in [0.5, 0.6) is 0 Å². The van der Waals surface area contributed by atoms with Crippen LogP contribution < -0.4 is 10.6 Å². The molecule has 1 aliphatic heterocycles. The van der Waals surface area contributed by atoms with E-state index in [1.54, 1.807) is 30.3 Å². The van der Waals surface area contributed by atoms with Gasteiger partial charge in [-0.1, -0.05) is 13.0 Å². The molecule has 0 spiro atoms. The quantitative estimate of drug-likeness (QED) is 0.536. The van der Waals surface area contributed by atoms with Crippen molar-refractivity contribution in [2.75, 3.05) is 40.3 Å². The van der Waals surface area contributed by atoms with Gasteiger partial charge in [-0.3, -0.25) is 4.79 Å². The number of amides is 1. The van der Waals surface area contributed by atoms with Crippen molar-refractivity contribution in [2.24, 2.45) is 10.9 Å². The summed E-state index contributed by atoms with van der Waals surface area (Å²) in [4.78, 5) is 19.2. The van der Waals surface area contributed by atoms with Crippen molar-refractivity contribution >= 4 is 23.2 Å². The van der Waals surface area contributed by atoms with E-state index in [2.05, 4.69) is 40.1 Å². The van der Waals surface area contributed by atoms with Gasteiger partial charge in [0.2, 0.25) is 5.91 Å². The molecule has 26 heavy (non-hydrogen) atoms. The van der Waals surface area contributed by atoms with Crippen molar-refractivity contribution in [3.63, 3.8) is 0 Å². The third kappa shape index (κ3) is 7.74. The van der Waals surface area contributed by atoms with Crippen molar-refractivity contribution in [1.29, 1.82) is 0 Å². The maximum Gasteiger partial charge on any atom is 0.243 e. The van der Waals surface area contributed by atoms with E-state index in [-0.39, 0.29) is 18.6 Å². The number of aliphatic imine (C=N–C) groups is 1. The molecule has 2 unspecified atom stereocenters. The number of carbonyl (C=O) groups excluding carboxylic acids is 1. The van der Waals surface area contributed by atoms with Gasteiger partial charge in [-0.25, -0.2) is 4.99 Å². The minimum Gasteiger partial charge on any atom is -0.376 e. The fourth-order valence-corrected chi connectivity index (χ4v) is 3.63. The molecule has 1 saturated heterocycles. The first-order valence-corrected chi connectivity index (χ1v) is 10.3. The number of likely N-dealkylation sites (N-methyl/N-ethyl adjacent to an activating group) is 1. The highest BCUT2D eigenvalue weighted by molar-refractivity contribution is 7.09. The van der Waals surface area contributed by atoms with Crippen LogP contribution in [0.2, 0.25) is 0 Å². The Labute approximate surface area is 161 Å². The molecule has 2 atom stereocenters. The first-order chi connectivity index (χ1) is 12.5. The monoisotopic (exact) mass is 380 g/mol. The lowest BCUT2D eigenvalue weighted by Gasteiger charge is -2.24. The fourth-order valence-electron chi connectivity index (χ4n) is 2.76. The maximum absolute atomic E-state index is 11.8. The van der Waals surface area contributed by atoms with Crippen LogP contribution >= 0.6 is 11.3 Å². The standard InChI is InChI=1S/C19H32N4O2S/c1-15(11-17-8-6-10-26-17)12-20-19(22-14-18(24)23(2)3)21-13-16-7-4-5-9-25-16/h6,8,10,15-16H,4-5,7,9,11-14H2,1-3H3,(H2,20,21,22). The van der Waals surface area contributed by atoms with Crippen LogP contribution in [0.1, 0.15) is 31.1 Å². The van der Waals surface area contributed by atoms with E-state index in [0.29, 0.717) is 11.9 Å². The third-order valence-corrected chi connectivity index (χ3v) is 5.29. The number of hydrogen-bond acceptors (Lipinski definition) is 4. The highest BCUT2D eigenvalue weighted by atomic mass is 32.1. The van der Waals surface area contributed by atoms with E-state index in [1.165, 1.54) is 11.3 Å². The van der Waals surface area contributed by atoms with Gasteiger partial charge in [0.1, 0.15) is 6.54 Å². The van der Waals surface area contributed by atoms with E-state index >= 15 is 0 Å². The second kappa shape index (κ2) is 11.2. The second-order valence-electron chi connectivity index (χ2n) is 7.09. The van der Waals surface area contributed by atoms with Gasteiger partial charge in [0.25, 0.3) is 0 Å². The molecule has 0 bridgehead atoms. The largest absolute Gasteiger partial charge is 0.376 e. The summed E-state index contributed by atoms with van der Waals surface area (Å²) < 4.78 is 5.77. The SMILES string of the molecule is CC(CNC(=NCC(=O)N(C)C)NCC1CCCCO1)Cc1cccs1. The van der Waals surface area contributed by atoms with Crippen LogP contribution in [0.15, 0.2) is 22.5 Å². The van der Waals surface area contributed by atoms with Crippen LogP contribution in [0.3, 0.4) is 0 Å². The number of carbonyl (C=O) groups is 1. The molecule has 2 N–H and O–H groups in total. The molecule has 0 aliphatic carbocycles. The molecule has 2 heterocycles. The minimum atomic E-state index is -0.00773. The smallest absolute Gasteiger partial charge is 0.243 e. The summed E-state index contributed by atoms with van der Waals surface area (Å²) in [5.74, 6) is 1.16. The first kappa shape index (κ1) is 20.7. The van der Waals surface area contributed by atoms with E-state index in [9.17, 15) is 4.79 Å². The number of rotatable bonds is 8. The molecule has 0 saturated carbocycles. The zero-order chi connectivity index (χ0) is 18.8. The Kier molecular flexibility index (Phi) is 8.91. The number of thiophene rings is 1. The zero-order valence-electron chi connectivity index (χ0n) is 16.2. The maximum atomic E-state index is 11.8. The van der Waals surface area contributed by atoms with Crippen molar-refractivity contribution < 1.29 is 9.53 Å². The van der Waals surface area contributed by atoms with Crippen molar-refractivity contribution in [3.05, 3.63) is 22.4 Å². The number of hydrogen-bond donors (Lipinski definition) is 2. The van der Waals surface area contributed by atoms with Gasteiger partial charge in [-0.2, -0.15) is 0 Å². The average Bonchev–Trinajstić information content (AvgIpc) is 3.14. The molecule has 1 aliphatic rings. The minimum absolute atomic E-state index is 0.00773. The van der Waals surface area contributed by atoms with Crippen LogP contribution in [0, 0.1) is 5.92 Å². The summed E-state index contributed by atoms with van der Waals surface area (Å²) in [5, 5.41) is 8.84. The number of nitrogens with one attached hydrogen (secondary N) is 2. The molecule has 1 amide bonds. The lowest BCUT2D eigenvalue weighted by atomic mass is 10.1. The van der Waals surface area contributed by atoms with E-state index in [0.717, 1.165) is 39.0 Å². The summed E-state index contributed by atoms with van der Waals surface area (Å²) in [6, 6.07) is 4.26. The Hall–Kier alpha value is -1.60. The number of nitrogens with zero attached hydrogens (tertiary/aromatic N) is 2. The molecule has 1 fully saturated rings. The predicted molar refractivity (Wildman–Crippen MR) is 108 cm³/mol. The van der Waals surface area contributed by atoms with Crippen molar-refractivity contribution in [1.82, 2.24) is 15.5 Å². The summed E-state index contributed by atoms with van der Waals surface area (Å²) in [6.07, 6.45) is 4.70. The molecule has 6 nitrogen and oxygen atoms in total. The van der Waals surface area contributed by atoms with Gasteiger partial charge in [0.15, 0.2) is 5.96 Å². The average molecular weight is 381 g/mol. The van der Waals surface area contributed by atoms with Gasteiger partial charge in [-0.15, -0.1) is 11.3 Å². The van der Waals surface area contributed by atoms with Gasteiger partial charge >= 0.3 is 0 Å². The Morgan fingerprint density at radius 1 is 1.42 bits per heavy atom. The number of ether oxygens (including phenoxy) is 1. The predicted octanol–water partition coefficient (Wildman–Crippen LogP) is 2.12. The molecule has 7 heteroatoms. The summed E-state index contributed by atoms with van der Waals surface area (Å²) >= 11 is 1.79. The van der Waals surface area contributed by atoms with Crippen molar-refractivity contribution in [3.8, 4) is 0 Å². The Balaban J connectivity index is 1.83. The molecule has 1 aromatic rings. The van der Waals surface area contributed by atoms with E-state index in [4.69, 9.17) is 4.74 Å². The van der Waals surface area contributed by atoms with Crippen LogP contribution in [0.4, 0.5) is 0 Å². The topological polar surface area (TPSA) is 66.0 Å². The Morgan fingerprint density at radius 3 is 2.92 bits per heavy atom. The summed E-state index contributed by atoms with van der Waals surface area (Å²) in [6.45, 7) is 4.74. The van der Waals surface area contributed by atoms with Gasteiger partial charge < -0.3 is 20.3 Å². The van der Waals surface area contributed by atoms with Crippen LogP contribution in [-0.2, 0) is 16.0 Å². The lowest BCUT2D eigenvalue weighted by Crippen LogP contribution is -2.44. The highest BCUT2D eigenvalue weighted by Gasteiger charge is 2.15. The molecular weight excluding hydrogens is 348 g/mol. The normalized spacial score (nSPS) is 19.0. The summed E-state index contributed by atoms with van der Waals surface area (Å²) in [5.41, 5.74) is 0. The van der Waals surface area contributed by atoms with E-state index < -0.39 is 0 Å². The van der Waals surface area contributed by atoms with Gasteiger partial charge in [-0.05, 0) is 43.0 Å². The molecular formula is C19H32N4O2S. The molecule has 146 valence electrons. The molecule has 0 aromatic carbocycles. The fraction of sp³-hybridized carbons (Fsp3) is 0.684. The van der Waals surface area contributed by atoms with Crippen LogP contribution in [-0.4, -0.2) is 63.2 Å². The Morgan fingerprint density at radius 2 is 2.27 bits per heavy atom. The lowest BCUT2D eigenvalue weighted by molar-refractivity contribution is -0.127.